The van der Waals surface area contributed by atoms with Crippen LogP contribution in [0.5, 0.6) is 5.75 Å². The quantitative estimate of drug-likeness (QED) is 0.329. The number of aromatic nitrogens is 2. The minimum atomic E-state index is -0.196. The third kappa shape index (κ3) is 3.55. The van der Waals surface area contributed by atoms with Crippen molar-refractivity contribution in [3.63, 3.8) is 0 Å². The van der Waals surface area contributed by atoms with E-state index in [1.165, 1.54) is 11.6 Å². The third-order valence-corrected chi connectivity index (χ3v) is 5.93. The maximum Gasteiger partial charge on any atom is 0.128 e. The van der Waals surface area contributed by atoms with E-state index in [4.69, 9.17) is 9.72 Å². The lowest BCUT2D eigenvalue weighted by Gasteiger charge is -2.16. The first-order chi connectivity index (χ1) is 15.1. The van der Waals surface area contributed by atoms with E-state index in [2.05, 4.69) is 35.8 Å². The van der Waals surface area contributed by atoms with Crippen LogP contribution in [0.15, 0.2) is 84.9 Å². The van der Waals surface area contributed by atoms with E-state index in [0.29, 0.717) is 12.1 Å². The highest BCUT2D eigenvalue weighted by atomic mass is 19.1. The number of hydrogen-bond donors (Lipinski definition) is 0. The zero-order valence-corrected chi connectivity index (χ0v) is 17.5. The van der Waals surface area contributed by atoms with Crippen LogP contribution in [0, 0.1) is 5.82 Å². The molecular formula is C27H23FN2O. The van der Waals surface area contributed by atoms with E-state index in [-0.39, 0.29) is 11.7 Å². The van der Waals surface area contributed by atoms with E-state index in [1.54, 1.807) is 13.2 Å². The van der Waals surface area contributed by atoms with Gasteiger partial charge in [0.1, 0.15) is 17.4 Å². The van der Waals surface area contributed by atoms with Crippen LogP contribution in [0.2, 0.25) is 0 Å². The number of halogens is 1. The van der Waals surface area contributed by atoms with Gasteiger partial charge in [-0.1, -0.05) is 61.5 Å². The van der Waals surface area contributed by atoms with Crippen molar-refractivity contribution in [1.82, 2.24) is 9.55 Å². The number of fused-ring (bicyclic) bond motifs is 2. The molecule has 0 radical (unpaired) electrons. The topological polar surface area (TPSA) is 27.1 Å². The van der Waals surface area contributed by atoms with E-state index < -0.39 is 0 Å². The predicted molar refractivity (Wildman–Crippen MR) is 123 cm³/mol. The number of imidazole rings is 1. The Morgan fingerprint density at radius 2 is 1.65 bits per heavy atom. The fraction of sp³-hybridized carbons (Fsp3) is 0.148. The van der Waals surface area contributed by atoms with Crippen molar-refractivity contribution < 1.29 is 9.13 Å². The second kappa shape index (κ2) is 7.88. The molecule has 1 unspecified atom stereocenters. The molecule has 0 N–H and O–H groups in total. The molecule has 31 heavy (non-hydrogen) atoms. The molecule has 0 fully saturated rings. The maximum atomic E-state index is 14.4. The summed E-state index contributed by atoms with van der Waals surface area (Å²) in [5, 5.41) is 2.29. The predicted octanol–water partition coefficient (Wildman–Crippen LogP) is 6.54. The Labute approximate surface area is 180 Å². The first-order valence-corrected chi connectivity index (χ1v) is 10.4. The molecule has 0 aliphatic rings. The SMILES string of the molecule is COc1ccc2cc(C(C)c3nc4ccccc4n3Cc3ccccc3F)ccc2c1. The van der Waals surface area contributed by atoms with Crippen molar-refractivity contribution in [2.24, 2.45) is 0 Å². The Balaban J connectivity index is 1.60. The Morgan fingerprint density at radius 1 is 0.903 bits per heavy atom. The van der Waals surface area contributed by atoms with E-state index in [1.807, 2.05) is 48.5 Å². The van der Waals surface area contributed by atoms with Crippen LogP contribution < -0.4 is 4.74 Å². The molecule has 0 spiro atoms. The lowest BCUT2D eigenvalue weighted by molar-refractivity contribution is 0.415. The van der Waals surface area contributed by atoms with Crippen LogP contribution in [-0.4, -0.2) is 16.7 Å². The van der Waals surface area contributed by atoms with E-state index in [0.717, 1.165) is 33.4 Å². The van der Waals surface area contributed by atoms with Gasteiger partial charge >= 0.3 is 0 Å². The standard InChI is InChI=1S/C27H23FN2O/c1-18(19-11-12-21-16-23(31-2)14-13-20(21)15-19)27-29-25-9-5-6-10-26(25)30(27)17-22-7-3-4-8-24(22)28/h3-16,18H,17H2,1-2H3. The fourth-order valence-electron chi connectivity index (χ4n) is 4.18. The minimum absolute atomic E-state index is 0.0469. The summed E-state index contributed by atoms with van der Waals surface area (Å²) in [4.78, 5) is 4.94. The van der Waals surface area contributed by atoms with E-state index >= 15 is 0 Å². The summed E-state index contributed by atoms with van der Waals surface area (Å²) in [7, 11) is 1.68. The molecule has 5 rings (SSSR count). The van der Waals surface area contributed by atoms with Crippen molar-refractivity contribution in [2.45, 2.75) is 19.4 Å². The average molecular weight is 410 g/mol. The molecule has 0 saturated heterocycles. The van der Waals surface area contributed by atoms with Crippen LogP contribution in [0.4, 0.5) is 4.39 Å². The Hall–Kier alpha value is -3.66. The van der Waals surface area contributed by atoms with Gasteiger partial charge < -0.3 is 9.30 Å². The summed E-state index contributed by atoms with van der Waals surface area (Å²) in [6.07, 6.45) is 0. The van der Waals surface area contributed by atoms with Gasteiger partial charge in [-0.05, 0) is 46.7 Å². The molecule has 3 nitrogen and oxygen atoms in total. The summed E-state index contributed by atoms with van der Waals surface area (Å²) in [5.41, 5.74) is 3.76. The second-order valence-electron chi connectivity index (χ2n) is 7.83. The van der Waals surface area contributed by atoms with Crippen molar-refractivity contribution in [1.29, 1.82) is 0 Å². The minimum Gasteiger partial charge on any atom is -0.497 e. The lowest BCUT2D eigenvalue weighted by atomic mass is 9.97. The maximum absolute atomic E-state index is 14.4. The Morgan fingerprint density at radius 3 is 2.48 bits per heavy atom. The van der Waals surface area contributed by atoms with Crippen LogP contribution in [-0.2, 0) is 6.54 Å². The molecule has 0 saturated carbocycles. The molecule has 5 aromatic rings. The Kier molecular flexibility index (Phi) is 4.91. The molecule has 154 valence electrons. The van der Waals surface area contributed by atoms with Gasteiger partial charge in [0.2, 0.25) is 0 Å². The van der Waals surface area contributed by atoms with Crippen molar-refractivity contribution in [3.05, 3.63) is 108 Å². The van der Waals surface area contributed by atoms with Crippen LogP contribution >= 0.6 is 0 Å². The highest BCUT2D eigenvalue weighted by molar-refractivity contribution is 5.85. The summed E-state index contributed by atoms with van der Waals surface area (Å²) in [6, 6.07) is 27.5. The number of para-hydroxylation sites is 2. The first-order valence-electron chi connectivity index (χ1n) is 10.4. The van der Waals surface area contributed by atoms with E-state index in [9.17, 15) is 4.39 Å². The lowest BCUT2D eigenvalue weighted by Crippen LogP contribution is -2.10. The van der Waals surface area contributed by atoms with Gasteiger partial charge in [0.25, 0.3) is 0 Å². The average Bonchev–Trinajstić information content (AvgIpc) is 3.17. The first kappa shape index (κ1) is 19.3. The number of nitrogens with zero attached hydrogens (tertiary/aromatic N) is 2. The molecule has 0 amide bonds. The molecule has 0 bridgehead atoms. The largest absolute Gasteiger partial charge is 0.497 e. The van der Waals surface area contributed by atoms with Gasteiger partial charge in [0.15, 0.2) is 0 Å². The molecule has 1 aromatic heterocycles. The van der Waals surface area contributed by atoms with Gasteiger partial charge in [-0.3, -0.25) is 0 Å². The van der Waals surface area contributed by atoms with Crippen molar-refractivity contribution in [2.75, 3.05) is 7.11 Å². The second-order valence-corrected chi connectivity index (χ2v) is 7.83. The van der Waals surface area contributed by atoms with Gasteiger partial charge in [-0.25, -0.2) is 9.37 Å². The fourth-order valence-corrected chi connectivity index (χ4v) is 4.18. The summed E-state index contributed by atoms with van der Waals surface area (Å²) in [5.74, 6) is 1.63. The molecule has 0 aliphatic carbocycles. The van der Waals surface area contributed by atoms with Gasteiger partial charge in [0, 0.05) is 11.5 Å². The van der Waals surface area contributed by atoms with Gasteiger partial charge in [0.05, 0.1) is 24.7 Å². The van der Waals surface area contributed by atoms with Crippen LogP contribution in [0.1, 0.15) is 29.8 Å². The normalized spacial score (nSPS) is 12.4. The molecule has 1 heterocycles. The molecule has 4 heteroatoms. The number of hydrogen-bond acceptors (Lipinski definition) is 2. The zero-order chi connectivity index (χ0) is 21.4. The van der Waals surface area contributed by atoms with Gasteiger partial charge in [-0.2, -0.15) is 0 Å². The molecule has 0 aliphatic heterocycles. The summed E-state index contributed by atoms with van der Waals surface area (Å²) in [6.45, 7) is 2.60. The number of rotatable bonds is 5. The zero-order valence-electron chi connectivity index (χ0n) is 17.5. The van der Waals surface area contributed by atoms with Crippen LogP contribution in [0.25, 0.3) is 21.8 Å². The van der Waals surface area contributed by atoms with Crippen LogP contribution in [0.3, 0.4) is 0 Å². The highest BCUT2D eigenvalue weighted by Gasteiger charge is 2.19. The van der Waals surface area contributed by atoms with Crippen molar-refractivity contribution >= 4 is 21.8 Å². The summed E-state index contributed by atoms with van der Waals surface area (Å²) < 4.78 is 21.9. The molecular weight excluding hydrogens is 387 g/mol. The Bertz CT molecular complexity index is 1390. The number of methoxy groups -OCH3 is 1. The van der Waals surface area contributed by atoms with Crippen molar-refractivity contribution in [3.8, 4) is 5.75 Å². The monoisotopic (exact) mass is 410 g/mol. The molecule has 4 aromatic carbocycles. The number of ether oxygens (including phenoxy) is 1. The third-order valence-electron chi connectivity index (χ3n) is 5.93. The number of benzene rings is 4. The van der Waals surface area contributed by atoms with Gasteiger partial charge in [-0.15, -0.1) is 0 Å². The highest BCUT2D eigenvalue weighted by Crippen LogP contribution is 2.31. The molecule has 1 atom stereocenters. The summed E-state index contributed by atoms with van der Waals surface area (Å²) >= 11 is 0. The smallest absolute Gasteiger partial charge is 0.128 e.